The van der Waals surface area contributed by atoms with Crippen molar-refractivity contribution in [3.63, 3.8) is 0 Å². The minimum absolute atomic E-state index is 0.930. The highest BCUT2D eigenvalue weighted by molar-refractivity contribution is 7.26. The van der Waals surface area contributed by atoms with Gasteiger partial charge in [0.1, 0.15) is 11.2 Å². The molecule has 0 fully saturated rings. The van der Waals surface area contributed by atoms with Gasteiger partial charge >= 0.3 is 0 Å². The molecule has 0 saturated heterocycles. The molecule has 0 unspecified atom stereocenters. The summed E-state index contributed by atoms with van der Waals surface area (Å²) in [4.78, 5) is 2.37. The zero-order valence-electron chi connectivity index (χ0n) is 28.7. The van der Waals surface area contributed by atoms with Crippen LogP contribution in [0.15, 0.2) is 192 Å². The first-order valence-corrected chi connectivity index (χ1v) is 18.8. The average molecular weight is 694 g/mol. The third-order valence-corrected chi connectivity index (χ3v) is 11.8. The number of fused-ring (bicyclic) bond motifs is 10. The lowest BCUT2D eigenvalue weighted by atomic mass is 10.0. The summed E-state index contributed by atoms with van der Waals surface area (Å²) in [5, 5.41) is 9.72. The van der Waals surface area contributed by atoms with Gasteiger partial charge in [-0.2, -0.15) is 0 Å². The maximum atomic E-state index is 6.57. The fourth-order valence-corrected chi connectivity index (χ4v) is 9.19. The Morgan fingerprint density at radius 1 is 0.358 bits per heavy atom. The molecule has 0 aliphatic carbocycles. The number of hydrogen-bond donors (Lipinski definition) is 0. The second-order valence-electron chi connectivity index (χ2n) is 13.7. The quantitative estimate of drug-likeness (QED) is 0.178. The van der Waals surface area contributed by atoms with Crippen LogP contribution in [-0.2, 0) is 0 Å². The van der Waals surface area contributed by atoms with Gasteiger partial charge in [-0.3, -0.25) is 0 Å². The van der Waals surface area contributed by atoms with E-state index in [9.17, 15) is 0 Å². The summed E-state index contributed by atoms with van der Waals surface area (Å²) < 4.78 is 9.08. The van der Waals surface area contributed by atoms with Crippen LogP contribution >= 0.6 is 11.3 Å². The number of anilines is 3. The lowest BCUT2D eigenvalue weighted by molar-refractivity contribution is 0.673. The smallest absolute Gasteiger partial charge is 0.143 e. The molecular weight excluding hydrogens is 663 g/mol. The predicted octanol–water partition coefficient (Wildman–Crippen LogP) is 15.1. The summed E-state index contributed by atoms with van der Waals surface area (Å²) in [6.07, 6.45) is 0. The first-order chi connectivity index (χ1) is 26.2. The van der Waals surface area contributed by atoms with Gasteiger partial charge in [0.05, 0.1) is 0 Å². The number of benzene rings is 9. The summed E-state index contributed by atoms with van der Waals surface area (Å²) in [7, 11) is 0. The summed E-state index contributed by atoms with van der Waals surface area (Å²) in [5.74, 6) is 0. The number of rotatable bonds is 5. The Hall–Kier alpha value is -6.68. The Morgan fingerprint density at radius 3 is 1.75 bits per heavy atom. The van der Waals surface area contributed by atoms with Crippen LogP contribution in [0.4, 0.5) is 17.1 Å². The molecule has 2 heterocycles. The van der Waals surface area contributed by atoms with E-state index in [0.29, 0.717) is 0 Å². The van der Waals surface area contributed by atoms with Crippen LogP contribution in [0, 0.1) is 0 Å². The van der Waals surface area contributed by atoms with Crippen LogP contribution in [0.1, 0.15) is 0 Å². The molecule has 0 bridgehead atoms. The van der Waals surface area contributed by atoms with Crippen LogP contribution < -0.4 is 4.90 Å². The van der Waals surface area contributed by atoms with Crippen molar-refractivity contribution in [3.8, 4) is 22.3 Å². The van der Waals surface area contributed by atoms with Crippen molar-refractivity contribution in [1.82, 2.24) is 0 Å². The van der Waals surface area contributed by atoms with Crippen LogP contribution in [0.3, 0.4) is 0 Å². The highest BCUT2D eigenvalue weighted by Crippen LogP contribution is 2.46. The zero-order valence-corrected chi connectivity index (χ0v) is 29.5. The third-order valence-electron chi connectivity index (χ3n) is 10.6. The van der Waals surface area contributed by atoms with Crippen molar-refractivity contribution >= 4 is 92.1 Å². The molecule has 53 heavy (non-hydrogen) atoms. The van der Waals surface area contributed by atoms with Gasteiger partial charge in [0.25, 0.3) is 0 Å². The maximum Gasteiger partial charge on any atom is 0.143 e. The van der Waals surface area contributed by atoms with Crippen molar-refractivity contribution in [3.05, 3.63) is 188 Å². The first kappa shape index (κ1) is 30.0. The molecule has 0 aliphatic heterocycles. The van der Waals surface area contributed by atoms with Crippen molar-refractivity contribution in [1.29, 1.82) is 0 Å². The van der Waals surface area contributed by atoms with Crippen molar-refractivity contribution in [2.24, 2.45) is 0 Å². The van der Waals surface area contributed by atoms with E-state index in [1.165, 1.54) is 69.4 Å². The molecule has 2 nitrogen and oxygen atoms in total. The molecule has 11 aromatic rings. The Morgan fingerprint density at radius 2 is 0.962 bits per heavy atom. The van der Waals surface area contributed by atoms with Crippen molar-refractivity contribution in [2.75, 3.05) is 4.90 Å². The molecule has 3 heteroatoms. The highest BCUT2D eigenvalue weighted by atomic mass is 32.1. The molecule has 9 aromatic carbocycles. The zero-order chi connectivity index (χ0) is 34.9. The monoisotopic (exact) mass is 693 g/mol. The van der Waals surface area contributed by atoms with Crippen LogP contribution in [0.25, 0.3) is 85.9 Å². The topological polar surface area (TPSA) is 16.4 Å². The summed E-state index contributed by atoms with van der Waals surface area (Å²) in [5.41, 5.74) is 10.0. The van der Waals surface area contributed by atoms with E-state index in [2.05, 4.69) is 193 Å². The van der Waals surface area contributed by atoms with Gasteiger partial charge in [0.2, 0.25) is 0 Å². The molecule has 0 aliphatic rings. The Balaban J connectivity index is 1.05. The van der Waals surface area contributed by atoms with Gasteiger partial charge < -0.3 is 9.32 Å². The normalized spacial score (nSPS) is 11.8. The summed E-state index contributed by atoms with van der Waals surface area (Å²) in [6, 6.07) is 67.9. The number of nitrogens with zero attached hydrogens (tertiary/aromatic N) is 1. The molecule has 11 rings (SSSR count). The molecule has 0 N–H and O–H groups in total. The summed E-state index contributed by atoms with van der Waals surface area (Å²) >= 11 is 1.85. The predicted molar refractivity (Wildman–Crippen MR) is 227 cm³/mol. The Bertz CT molecular complexity index is 3150. The number of furan rings is 1. The molecule has 2 aromatic heterocycles. The van der Waals surface area contributed by atoms with E-state index >= 15 is 0 Å². The fraction of sp³-hybridized carbons (Fsp3) is 0. The van der Waals surface area contributed by atoms with Gasteiger partial charge in [0.15, 0.2) is 0 Å². The maximum absolute atomic E-state index is 6.57. The minimum atomic E-state index is 0.930. The van der Waals surface area contributed by atoms with E-state index in [1.807, 2.05) is 11.3 Å². The van der Waals surface area contributed by atoms with Crippen LogP contribution in [0.2, 0.25) is 0 Å². The standard InChI is InChI=1S/C50H31NOS/c1-2-8-32(9-3-1)34-16-21-39(22-17-34)51(40-23-18-35(19-24-40)38-15-14-33-10-4-5-12-37(33)30-38)41-25-27-43-47(31-41)53-46-29-28-45-48(49(43)46)44-26-20-36-11-6-7-13-42(36)50(44)52-45/h1-31H. The molecular formula is C50H31NOS. The van der Waals surface area contributed by atoms with Crippen molar-refractivity contribution in [2.45, 2.75) is 0 Å². The third kappa shape index (κ3) is 4.93. The first-order valence-electron chi connectivity index (χ1n) is 18.0. The van der Waals surface area contributed by atoms with E-state index in [1.54, 1.807) is 0 Å². The molecule has 248 valence electrons. The Labute approximate surface area is 310 Å². The molecule has 0 amide bonds. The molecule has 0 spiro atoms. The van der Waals surface area contributed by atoms with E-state index < -0.39 is 0 Å². The lowest BCUT2D eigenvalue weighted by Gasteiger charge is -2.26. The number of hydrogen-bond acceptors (Lipinski definition) is 3. The van der Waals surface area contributed by atoms with Gasteiger partial charge in [-0.1, -0.05) is 127 Å². The van der Waals surface area contributed by atoms with Gasteiger partial charge in [-0.25, -0.2) is 0 Å². The van der Waals surface area contributed by atoms with E-state index in [-0.39, 0.29) is 0 Å². The molecule has 0 atom stereocenters. The molecule has 0 saturated carbocycles. The SMILES string of the molecule is c1ccc(-c2ccc(N(c3ccc(-c4ccc5ccccc5c4)cc3)c3ccc4c(c3)sc3ccc5oc6c7ccccc7ccc6c5c34)cc2)cc1. The lowest BCUT2D eigenvalue weighted by Crippen LogP contribution is -2.09. The van der Waals surface area contributed by atoms with Crippen LogP contribution in [0.5, 0.6) is 0 Å². The largest absolute Gasteiger partial charge is 0.455 e. The molecule has 0 radical (unpaired) electrons. The Kier molecular flexibility index (Phi) is 6.76. The van der Waals surface area contributed by atoms with Gasteiger partial charge in [-0.05, 0) is 99.1 Å². The van der Waals surface area contributed by atoms with E-state index in [4.69, 9.17) is 4.42 Å². The highest BCUT2D eigenvalue weighted by Gasteiger charge is 2.19. The fourth-order valence-electron chi connectivity index (χ4n) is 8.04. The van der Waals surface area contributed by atoms with E-state index in [0.717, 1.165) is 33.6 Å². The van der Waals surface area contributed by atoms with Crippen molar-refractivity contribution < 1.29 is 4.42 Å². The van der Waals surface area contributed by atoms with Crippen LogP contribution in [-0.4, -0.2) is 0 Å². The second kappa shape index (κ2) is 11.9. The van der Waals surface area contributed by atoms with Gasteiger partial charge in [-0.15, -0.1) is 11.3 Å². The minimum Gasteiger partial charge on any atom is -0.455 e. The summed E-state index contributed by atoms with van der Waals surface area (Å²) in [6.45, 7) is 0. The second-order valence-corrected chi connectivity index (χ2v) is 14.8. The van der Waals surface area contributed by atoms with Gasteiger partial charge in [0, 0.05) is 53.4 Å². The average Bonchev–Trinajstić information content (AvgIpc) is 3.80. The number of thiophene rings is 1.